The molecule has 3 heteroatoms. The molecule has 0 aliphatic heterocycles. The van der Waals surface area contributed by atoms with Gasteiger partial charge in [-0.3, -0.25) is 0 Å². The quantitative estimate of drug-likeness (QED) is 0.718. The SMILES string of the molecule is Cc1ccc(Br)c(CNCCCNCC(C)C)c1. The molecule has 0 atom stereocenters. The van der Waals surface area contributed by atoms with Crippen LogP contribution in [0.5, 0.6) is 0 Å². The first-order valence-corrected chi connectivity index (χ1v) is 7.55. The average molecular weight is 313 g/mol. The molecular formula is C15H25BrN2. The molecule has 0 amide bonds. The van der Waals surface area contributed by atoms with Crippen LogP contribution in [0.15, 0.2) is 22.7 Å². The number of nitrogens with one attached hydrogen (secondary N) is 2. The molecular weight excluding hydrogens is 288 g/mol. The van der Waals surface area contributed by atoms with Crippen LogP contribution in [0.2, 0.25) is 0 Å². The van der Waals surface area contributed by atoms with Crippen LogP contribution < -0.4 is 10.6 Å². The van der Waals surface area contributed by atoms with Gasteiger partial charge < -0.3 is 10.6 Å². The molecule has 0 spiro atoms. The van der Waals surface area contributed by atoms with Crippen molar-refractivity contribution in [3.05, 3.63) is 33.8 Å². The average Bonchev–Trinajstić information content (AvgIpc) is 2.32. The molecule has 0 bridgehead atoms. The Morgan fingerprint density at radius 1 is 1.17 bits per heavy atom. The van der Waals surface area contributed by atoms with Crippen LogP contribution in [0.25, 0.3) is 0 Å². The zero-order valence-electron chi connectivity index (χ0n) is 11.7. The summed E-state index contributed by atoms with van der Waals surface area (Å²) >= 11 is 3.59. The van der Waals surface area contributed by atoms with E-state index in [1.54, 1.807) is 0 Å². The summed E-state index contributed by atoms with van der Waals surface area (Å²) in [5, 5.41) is 6.94. The summed E-state index contributed by atoms with van der Waals surface area (Å²) in [6.07, 6.45) is 1.18. The van der Waals surface area contributed by atoms with Crippen molar-refractivity contribution in [2.75, 3.05) is 19.6 Å². The standard InChI is InChI=1S/C15H25BrN2/c1-12(2)10-17-7-4-8-18-11-14-9-13(3)5-6-15(14)16/h5-6,9,12,17-18H,4,7-8,10-11H2,1-3H3. The van der Waals surface area contributed by atoms with Gasteiger partial charge in [0.05, 0.1) is 0 Å². The van der Waals surface area contributed by atoms with Gasteiger partial charge in [0.15, 0.2) is 0 Å². The van der Waals surface area contributed by atoms with Crippen molar-refractivity contribution in [3.63, 3.8) is 0 Å². The van der Waals surface area contributed by atoms with E-state index in [1.807, 2.05) is 0 Å². The maximum absolute atomic E-state index is 3.59. The smallest absolute Gasteiger partial charge is 0.0220 e. The summed E-state index contributed by atoms with van der Waals surface area (Å²) in [5.74, 6) is 0.737. The number of hydrogen-bond donors (Lipinski definition) is 2. The van der Waals surface area contributed by atoms with Gasteiger partial charge in [-0.15, -0.1) is 0 Å². The lowest BCUT2D eigenvalue weighted by molar-refractivity contribution is 0.530. The summed E-state index contributed by atoms with van der Waals surface area (Å²) in [4.78, 5) is 0. The van der Waals surface area contributed by atoms with Gasteiger partial charge in [0.1, 0.15) is 0 Å². The number of benzene rings is 1. The Kier molecular flexibility index (Phi) is 7.56. The molecule has 0 fully saturated rings. The third-order valence-electron chi connectivity index (χ3n) is 2.78. The van der Waals surface area contributed by atoms with Gasteiger partial charge in [-0.05, 0) is 50.5 Å². The fourth-order valence-electron chi connectivity index (χ4n) is 1.79. The molecule has 0 unspecified atom stereocenters. The van der Waals surface area contributed by atoms with E-state index in [9.17, 15) is 0 Å². The second kappa shape index (κ2) is 8.68. The van der Waals surface area contributed by atoms with Gasteiger partial charge in [0, 0.05) is 11.0 Å². The molecule has 0 aromatic heterocycles. The van der Waals surface area contributed by atoms with Crippen LogP contribution in [0, 0.1) is 12.8 Å². The highest BCUT2D eigenvalue weighted by Crippen LogP contribution is 2.17. The van der Waals surface area contributed by atoms with Crippen molar-refractivity contribution < 1.29 is 0 Å². The minimum absolute atomic E-state index is 0.737. The summed E-state index contributed by atoms with van der Waals surface area (Å²) < 4.78 is 1.19. The first kappa shape index (κ1) is 15.7. The van der Waals surface area contributed by atoms with Crippen LogP contribution in [0.4, 0.5) is 0 Å². The lowest BCUT2D eigenvalue weighted by atomic mass is 10.1. The fraction of sp³-hybridized carbons (Fsp3) is 0.600. The number of rotatable bonds is 8. The van der Waals surface area contributed by atoms with Crippen molar-refractivity contribution in [1.29, 1.82) is 0 Å². The van der Waals surface area contributed by atoms with Gasteiger partial charge in [-0.2, -0.15) is 0 Å². The summed E-state index contributed by atoms with van der Waals surface area (Å²) in [6, 6.07) is 6.48. The minimum Gasteiger partial charge on any atom is -0.316 e. The summed E-state index contributed by atoms with van der Waals surface area (Å²) in [6.45, 7) is 10.8. The molecule has 0 aliphatic carbocycles. The predicted octanol–water partition coefficient (Wildman–Crippen LogP) is 3.48. The zero-order valence-corrected chi connectivity index (χ0v) is 13.3. The third-order valence-corrected chi connectivity index (χ3v) is 3.55. The Morgan fingerprint density at radius 3 is 2.61 bits per heavy atom. The summed E-state index contributed by atoms with van der Waals surface area (Å²) in [5.41, 5.74) is 2.65. The van der Waals surface area contributed by atoms with Crippen molar-refractivity contribution in [1.82, 2.24) is 10.6 Å². The zero-order chi connectivity index (χ0) is 13.4. The van der Waals surface area contributed by atoms with E-state index in [-0.39, 0.29) is 0 Å². The molecule has 2 nitrogen and oxygen atoms in total. The maximum Gasteiger partial charge on any atom is 0.0220 e. The number of hydrogen-bond acceptors (Lipinski definition) is 2. The largest absolute Gasteiger partial charge is 0.316 e. The van der Waals surface area contributed by atoms with Gasteiger partial charge in [-0.1, -0.05) is 47.5 Å². The van der Waals surface area contributed by atoms with E-state index < -0.39 is 0 Å². The summed E-state index contributed by atoms with van der Waals surface area (Å²) in [7, 11) is 0. The van der Waals surface area contributed by atoms with Crippen LogP contribution in [0.1, 0.15) is 31.4 Å². The van der Waals surface area contributed by atoms with Crippen molar-refractivity contribution >= 4 is 15.9 Å². The molecule has 0 radical (unpaired) electrons. The van der Waals surface area contributed by atoms with Crippen molar-refractivity contribution in [3.8, 4) is 0 Å². The topological polar surface area (TPSA) is 24.1 Å². The van der Waals surface area contributed by atoms with Crippen LogP contribution in [-0.4, -0.2) is 19.6 Å². The second-order valence-corrected chi connectivity index (χ2v) is 6.08. The predicted molar refractivity (Wildman–Crippen MR) is 82.9 cm³/mol. The number of halogens is 1. The molecule has 1 rings (SSSR count). The normalized spacial score (nSPS) is 11.2. The van der Waals surface area contributed by atoms with E-state index in [0.29, 0.717) is 0 Å². The van der Waals surface area contributed by atoms with Gasteiger partial charge in [0.2, 0.25) is 0 Å². The van der Waals surface area contributed by atoms with Gasteiger partial charge >= 0.3 is 0 Å². The molecule has 1 aromatic carbocycles. The lowest BCUT2D eigenvalue weighted by Gasteiger charge is -2.09. The Labute approximate surface area is 120 Å². The van der Waals surface area contributed by atoms with Crippen LogP contribution in [-0.2, 0) is 6.54 Å². The Bertz CT molecular complexity index is 350. The minimum atomic E-state index is 0.737. The lowest BCUT2D eigenvalue weighted by Crippen LogP contribution is -2.24. The third kappa shape index (κ3) is 6.53. The van der Waals surface area contributed by atoms with Crippen molar-refractivity contribution in [2.24, 2.45) is 5.92 Å². The van der Waals surface area contributed by atoms with E-state index in [1.165, 1.54) is 22.0 Å². The van der Waals surface area contributed by atoms with Crippen LogP contribution >= 0.6 is 15.9 Å². The number of aryl methyl sites for hydroxylation is 1. The Balaban J connectivity index is 2.12. The molecule has 0 heterocycles. The van der Waals surface area contributed by atoms with E-state index in [0.717, 1.165) is 32.1 Å². The van der Waals surface area contributed by atoms with Gasteiger partial charge in [0.25, 0.3) is 0 Å². The van der Waals surface area contributed by atoms with E-state index in [2.05, 4.69) is 65.5 Å². The monoisotopic (exact) mass is 312 g/mol. The van der Waals surface area contributed by atoms with E-state index in [4.69, 9.17) is 0 Å². The molecule has 1 aromatic rings. The Hall–Kier alpha value is -0.380. The molecule has 0 saturated carbocycles. The fourth-order valence-corrected chi connectivity index (χ4v) is 2.18. The van der Waals surface area contributed by atoms with Crippen LogP contribution in [0.3, 0.4) is 0 Å². The van der Waals surface area contributed by atoms with Crippen molar-refractivity contribution in [2.45, 2.75) is 33.7 Å². The second-order valence-electron chi connectivity index (χ2n) is 5.22. The first-order valence-electron chi connectivity index (χ1n) is 6.76. The highest BCUT2D eigenvalue weighted by molar-refractivity contribution is 9.10. The van der Waals surface area contributed by atoms with Gasteiger partial charge in [-0.25, -0.2) is 0 Å². The molecule has 102 valence electrons. The Morgan fingerprint density at radius 2 is 1.89 bits per heavy atom. The highest BCUT2D eigenvalue weighted by atomic mass is 79.9. The molecule has 18 heavy (non-hydrogen) atoms. The molecule has 0 aliphatic rings. The highest BCUT2D eigenvalue weighted by Gasteiger charge is 1.99. The molecule has 0 saturated heterocycles. The maximum atomic E-state index is 3.59. The molecule has 2 N–H and O–H groups in total. The van der Waals surface area contributed by atoms with E-state index >= 15 is 0 Å². The first-order chi connectivity index (χ1) is 8.59.